The summed E-state index contributed by atoms with van der Waals surface area (Å²) >= 11 is 0. The maximum atomic E-state index is 12.5. The van der Waals surface area contributed by atoms with Gasteiger partial charge in [-0.25, -0.2) is 0 Å². The summed E-state index contributed by atoms with van der Waals surface area (Å²) in [5, 5.41) is 3.02. The van der Waals surface area contributed by atoms with Gasteiger partial charge in [0.25, 0.3) is 0 Å². The lowest BCUT2D eigenvalue weighted by Gasteiger charge is -2.32. The van der Waals surface area contributed by atoms with Gasteiger partial charge in [-0.15, -0.1) is 0 Å². The van der Waals surface area contributed by atoms with E-state index in [2.05, 4.69) is 17.1 Å². The molecule has 2 amide bonds. The number of hydrogen-bond donors (Lipinski definition) is 1. The highest BCUT2D eigenvalue weighted by Gasteiger charge is 2.35. The average Bonchev–Trinajstić information content (AvgIpc) is 3.02. The lowest BCUT2D eigenvalue weighted by molar-refractivity contribution is -0.126. The van der Waals surface area contributed by atoms with Gasteiger partial charge in [-0.1, -0.05) is 17.7 Å². The Balaban J connectivity index is 1.51. The number of rotatable bonds is 5. The van der Waals surface area contributed by atoms with Crippen LogP contribution < -0.4 is 10.2 Å². The maximum absolute atomic E-state index is 12.5. The van der Waals surface area contributed by atoms with Crippen molar-refractivity contribution in [1.82, 2.24) is 10.2 Å². The topological polar surface area (TPSA) is 61.9 Å². The molecule has 2 unspecified atom stereocenters. The summed E-state index contributed by atoms with van der Waals surface area (Å²) < 4.78 is 5.36. The smallest absolute Gasteiger partial charge is 0.227 e. The molecule has 2 heterocycles. The Bertz CT molecular complexity index is 611. The molecule has 0 saturated carbocycles. The van der Waals surface area contributed by atoms with Gasteiger partial charge in [0.2, 0.25) is 11.8 Å². The third kappa shape index (κ3) is 4.38. The summed E-state index contributed by atoms with van der Waals surface area (Å²) in [5.74, 6) is -0.279. The molecule has 6 nitrogen and oxygen atoms in total. The van der Waals surface area contributed by atoms with Crippen LogP contribution >= 0.6 is 0 Å². The van der Waals surface area contributed by atoms with Gasteiger partial charge >= 0.3 is 0 Å². The Morgan fingerprint density at radius 2 is 1.96 bits per heavy atom. The van der Waals surface area contributed by atoms with Crippen LogP contribution in [0.2, 0.25) is 0 Å². The predicted octanol–water partition coefficient (Wildman–Crippen LogP) is 1.18. The van der Waals surface area contributed by atoms with Crippen molar-refractivity contribution in [1.29, 1.82) is 0 Å². The first-order valence-electron chi connectivity index (χ1n) is 9.01. The van der Waals surface area contributed by atoms with Crippen LogP contribution in [0.15, 0.2) is 24.3 Å². The lowest BCUT2D eigenvalue weighted by atomic mass is 10.1. The van der Waals surface area contributed by atoms with Crippen molar-refractivity contribution in [2.45, 2.75) is 26.3 Å². The molecule has 2 aliphatic heterocycles. The minimum Gasteiger partial charge on any atom is -0.379 e. The molecule has 2 aliphatic rings. The zero-order chi connectivity index (χ0) is 17.8. The molecule has 1 aromatic rings. The van der Waals surface area contributed by atoms with Crippen LogP contribution in [0.4, 0.5) is 5.69 Å². The molecule has 2 atom stereocenters. The van der Waals surface area contributed by atoms with Crippen molar-refractivity contribution in [2.75, 3.05) is 44.3 Å². The fourth-order valence-electron chi connectivity index (χ4n) is 3.40. The summed E-state index contributed by atoms with van der Waals surface area (Å²) in [4.78, 5) is 28.8. The van der Waals surface area contributed by atoms with E-state index in [-0.39, 0.29) is 30.2 Å². The molecule has 6 heteroatoms. The van der Waals surface area contributed by atoms with Crippen LogP contribution in [-0.4, -0.2) is 62.1 Å². The minimum absolute atomic E-state index is 0.0187. The number of anilines is 1. The van der Waals surface area contributed by atoms with E-state index in [1.54, 1.807) is 4.90 Å². The molecule has 0 radical (unpaired) electrons. The molecule has 3 rings (SSSR count). The summed E-state index contributed by atoms with van der Waals surface area (Å²) in [5.41, 5.74) is 2.02. The quantitative estimate of drug-likeness (QED) is 0.871. The summed E-state index contributed by atoms with van der Waals surface area (Å²) in [6.07, 6.45) is 0.283. The van der Waals surface area contributed by atoms with Crippen LogP contribution in [0, 0.1) is 12.8 Å². The van der Waals surface area contributed by atoms with Crippen LogP contribution in [0.25, 0.3) is 0 Å². The number of ether oxygens (including phenoxy) is 1. The zero-order valence-corrected chi connectivity index (χ0v) is 15.0. The molecular weight excluding hydrogens is 318 g/mol. The second-order valence-corrected chi connectivity index (χ2v) is 6.98. The van der Waals surface area contributed by atoms with E-state index in [0.717, 1.165) is 37.6 Å². The Labute approximate surface area is 149 Å². The molecule has 136 valence electrons. The summed E-state index contributed by atoms with van der Waals surface area (Å²) in [6, 6.07) is 8.13. The Morgan fingerprint density at radius 3 is 2.64 bits per heavy atom. The van der Waals surface area contributed by atoms with Gasteiger partial charge in [0.1, 0.15) is 0 Å². The van der Waals surface area contributed by atoms with Crippen molar-refractivity contribution >= 4 is 17.5 Å². The number of nitrogens with zero attached hydrogens (tertiary/aromatic N) is 2. The second-order valence-electron chi connectivity index (χ2n) is 6.98. The fraction of sp³-hybridized carbons (Fsp3) is 0.579. The number of amides is 2. The number of nitrogens with one attached hydrogen (secondary N) is 1. The molecule has 0 bridgehead atoms. The number of aryl methyl sites for hydroxylation is 1. The number of hydrogen-bond acceptors (Lipinski definition) is 4. The molecule has 0 aromatic heterocycles. The normalized spacial score (nSPS) is 22.9. The fourth-order valence-corrected chi connectivity index (χ4v) is 3.40. The monoisotopic (exact) mass is 345 g/mol. The van der Waals surface area contributed by atoms with Gasteiger partial charge in [0.15, 0.2) is 0 Å². The summed E-state index contributed by atoms with van der Waals surface area (Å²) in [6.45, 7) is 8.50. The average molecular weight is 345 g/mol. The predicted molar refractivity (Wildman–Crippen MR) is 96.5 cm³/mol. The van der Waals surface area contributed by atoms with E-state index in [0.29, 0.717) is 13.1 Å². The van der Waals surface area contributed by atoms with E-state index >= 15 is 0 Å². The Kier molecular flexibility index (Phi) is 5.71. The van der Waals surface area contributed by atoms with Crippen molar-refractivity contribution in [3.05, 3.63) is 29.8 Å². The van der Waals surface area contributed by atoms with Crippen molar-refractivity contribution < 1.29 is 14.3 Å². The van der Waals surface area contributed by atoms with Crippen molar-refractivity contribution in [2.24, 2.45) is 5.92 Å². The van der Waals surface area contributed by atoms with Gasteiger partial charge in [-0.3, -0.25) is 14.5 Å². The standard InChI is InChI=1S/C19H27N3O3/c1-14-3-5-17(6-4-14)22-13-16(11-18(22)23)19(24)20-12-15(2)21-7-9-25-10-8-21/h3-6,15-16H,7-13H2,1-2H3,(H,20,24). The van der Waals surface area contributed by atoms with Gasteiger partial charge in [-0.2, -0.15) is 0 Å². The highest BCUT2D eigenvalue weighted by atomic mass is 16.5. The number of morpholine rings is 1. The molecule has 0 aliphatic carbocycles. The van der Waals surface area contributed by atoms with Gasteiger partial charge in [0, 0.05) is 44.3 Å². The van der Waals surface area contributed by atoms with E-state index < -0.39 is 0 Å². The van der Waals surface area contributed by atoms with E-state index in [4.69, 9.17) is 4.74 Å². The van der Waals surface area contributed by atoms with Crippen LogP contribution in [-0.2, 0) is 14.3 Å². The third-order valence-electron chi connectivity index (χ3n) is 5.08. The largest absolute Gasteiger partial charge is 0.379 e. The van der Waals surface area contributed by atoms with Gasteiger partial charge < -0.3 is 15.0 Å². The van der Waals surface area contributed by atoms with Crippen molar-refractivity contribution in [3.63, 3.8) is 0 Å². The molecular formula is C19H27N3O3. The maximum Gasteiger partial charge on any atom is 0.227 e. The number of benzene rings is 1. The molecule has 25 heavy (non-hydrogen) atoms. The molecule has 1 aromatic carbocycles. The van der Waals surface area contributed by atoms with E-state index in [1.807, 2.05) is 31.2 Å². The highest BCUT2D eigenvalue weighted by molar-refractivity contribution is 6.00. The Hall–Kier alpha value is -1.92. The first-order valence-corrected chi connectivity index (χ1v) is 9.01. The molecule has 2 saturated heterocycles. The van der Waals surface area contributed by atoms with E-state index in [1.165, 1.54) is 0 Å². The first kappa shape index (κ1) is 17.9. The zero-order valence-electron chi connectivity index (χ0n) is 15.0. The lowest BCUT2D eigenvalue weighted by Crippen LogP contribution is -2.48. The third-order valence-corrected chi connectivity index (χ3v) is 5.08. The number of carbonyl (C=O) groups is 2. The molecule has 0 spiro atoms. The number of carbonyl (C=O) groups excluding carboxylic acids is 2. The van der Waals surface area contributed by atoms with Gasteiger partial charge in [-0.05, 0) is 26.0 Å². The summed E-state index contributed by atoms with van der Waals surface area (Å²) in [7, 11) is 0. The van der Waals surface area contributed by atoms with Crippen molar-refractivity contribution in [3.8, 4) is 0 Å². The first-order chi connectivity index (χ1) is 12.0. The van der Waals surface area contributed by atoms with Crippen LogP contribution in [0.1, 0.15) is 18.9 Å². The van der Waals surface area contributed by atoms with E-state index in [9.17, 15) is 9.59 Å². The highest BCUT2D eigenvalue weighted by Crippen LogP contribution is 2.25. The SMILES string of the molecule is Cc1ccc(N2CC(C(=O)NCC(C)N3CCOCC3)CC2=O)cc1. The van der Waals surface area contributed by atoms with Crippen LogP contribution in [0.3, 0.4) is 0 Å². The molecule has 2 fully saturated rings. The Morgan fingerprint density at radius 1 is 1.28 bits per heavy atom. The van der Waals surface area contributed by atoms with Crippen LogP contribution in [0.5, 0.6) is 0 Å². The minimum atomic E-state index is -0.273. The second kappa shape index (κ2) is 7.97. The molecule has 1 N–H and O–H groups in total. The van der Waals surface area contributed by atoms with Gasteiger partial charge in [0.05, 0.1) is 19.1 Å².